The molecule has 0 fully saturated rings. The van der Waals surface area contributed by atoms with E-state index < -0.39 is 5.69 Å². The van der Waals surface area contributed by atoms with Crippen LogP contribution in [0.3, 0.4) is 0 Å². The number of hydrogen-bond acceptors (Lipinski definition) is 5. The minimum atomic E-state index is -0.460. The molecule has 2 heterocycles. The van der Waals surface area contributed by atoms with Gasteiger partial charge in [0.1, 0.15) is 5.03 Å². The Bertz CT molecular complexity index is 707. The topological polar surface area (TPSA) is 104 Å². The molecule has 112 valence electrons. The fraction of sp³-hybridized carbons (Fsp3) is 0.385. The van der Waals surface area contributed by atoms with Crippen LogP contribution in [0.1, 0.15) is 35.1 Å². The average molecular weight is 307 g/mol. The van der Waals surface area contributed by atoms with Gasteiger partial charge in [0.25, 0.3) is 5.91 Å². The molecule has 2 aromatic rings. The fourth-order valence-corrected chi connectivity index (χ4v) is 2.60. The van der Waals surface area contributed by atoms with Crippen LogP contribution in [-0.2, 0) is 6.42 Å². The number of H-pyrrole nitrogens is 2. The summed E-state index contributed by atoms with van der Waals surface area (Å²) < 4.78 is 0. The van der Waals surface area contributed by atoms with Crippen LogP contribution in [0.4, 0.5) is 5.82 Å². The first-order chi connectivity index (χ1) is 10.0. The standard InChI is InChI=1S/C13H17N5O2S/c1-4-5-8-6-9(18-17-8)15-11(19)10-7(2)14-13(20)16-12(10)21-3/h6H,4-5H2,1-3H3,(H,14,16,20)(H2,15,17,18,19). The van der Waals surface area contributed by atoms with Crippen LogP contribution in [-0.4, -0.2) is 32.3 Å². The van der Waals surface area contributed by atoms with E-state index >= 15 is 0 Å². The number of nitrogens with zero attached hydrogens (tertiary/aromatic N) is 2. The molecule has 0 saturated carbocycles. The van der Waals surface area contributed by atoms with Crippen LogP contribution < -0.4 is 11.0 Å². The second-order valence-corrected chi connectivity index (χ2v) is 5.33. The molecule has 0 radical (unpaired) electrons. The molecule has 0 aliphatic carbocycles. The van der Waals surface area contributed by atoms with Gasteiger partial charge in [-0.25, -0.2) is 4.79 Å². The Balaban J connectivity index is 2.25. The second kappa shape index (κ2) is 6.57. The first-order valence-electron chi connectivity index (χ1n) is 6.55. The number of amides is 1. The second-order valence-electron chi connectivity index (χ2n) is 4.53. The molecule has 0 aromatic carbocycles. The predicted molar refractivity (Wildman–Crippen MR) is 81.9 cm³/mol. The molecule has 2 aromatic heterocycles. The third-order valence-corrected chi connectivity index (χ3v) is 3.58. The maximum atomic E-state index is 12.4. The fourth-order valence-electron chi connectivity index (χ4n) is 1.98. The molecule has 0 aliphatic heterocycles. The van der Waals surface area contributed by atoms with Gasteiger partial charge < -0.3 is 10.3 Å². The van der Waals surface area contributed by atoms with Crippen LogP contribution >= 0.6 is 11.8 Å². The van der Waals surface area contributed by atoms with E-state index in [1.807, 2.05) is 0 Å². The van der Waals surface area contributed by atoms with Gasteiger partial charge in [0.15, 0.2) is 5.82 Å². The van der Waals surface area contributed by atoms with Crippen molar-refractivity contribution in [3.05, 3.63) is 33.5 Å². The van der Waals surface area contributed by atoms with Crippen molar-refractivity contribution in [2.24, 2.45) is 0 Å². The number of anilines is 1. The normalized spacial score (nSPS) is 10.6. The van der Waals surface area contributed by atoms with Crippen LogP contribution in [0.25, 0.3) is 0 Å². The van der Waals surface area contributed by atoms with E-state index in [0.717, 1.165) is 18.5 Å². The summed E-state index contributed by atoms with van der Waals surface area (Å²) in [5.74, 6) is 0.122. The van der Waals surface area contributed by atoms with Crippen molar-refractivity contribution < 1.29 is 4.79 Å². The summed E-state index contributed by atoms with van der Waals surface area (Å²) in [5, 5.41) is 10.0. The van der Waals surface area contributed by atoms with Crippen LogP contribution in [0.5, 0.6) is 0 Å². The molecule has 0 saturated heterocycles. The molecule has 2 rings (SSSR count). The van der Waals surface area contributed by atoms with E-state index in [1.54, 1.807) is 19.2 Å². The molecule has 0 bridgehead atoms. The molecule has 21 heavy (non-hydrogen) atoms. The van der Waals surface area contributed by atoms with Crippen molar-refractivity contribution in [3.8, 4) is 0 Å². The largest absolute Gasteiger partial charge is 0.346 e. The quantitative estimate of drug-likeness (QED) is 0.576. The Morgan fingerprint density at radius 1 is 1.48 bits per heavy atom. The Hall–Kier alpha value is -2.09. The van der Waals surface area contributed by atoms with Gasteiger partial charge in [-0.2, -0.15) is 10.1 Å². The van der Waals surface area contributed by atoms with Gasteiger partial charge in [-0.15, -0.1) is 11.8 Å². The summed E-state index contributed by atoms with van der Waals surface area (Å²) >= 11 is 1.26. The summed E-state index contributed by atoms with van der Waals surface area (Å²) in [6, 6.07) is 1.80. The number of aromatic amines is 2. The number of nitrogens with one attached hydrogen (secondary N) is 3. The SMILES string of the molecule is CCCc1cc(NC(=O)c2c(SC)nc(=O)[nH]c2C)n[nH]1. The number of hydrogen-bond donors (Lipinski definition) is 3. The summed E-state index contributed by atoms with van der Waals surface area (Å²) in [6.07, 6.45) is 3.64. The Kier molecular flexibility index (Phi) is 4.79. The van der Waals surface area contributed by atoms with Gasteiger partial charge in [-0.05, 0) is 19.6 Å². The summed E-state index contributed by atoms with van der Waals surface area (Å²) in [4.78, 5) is 30.1. The number of carbonyl (C=O) groups is 1. The van der Waals surface area contributed by atoms with Crippen LogP contribution in [0.2, 0.25) is 0 Å². The van der Waals surface area contributed by atoms with Gasteiger partial charge >= 0.3 is 5.69 Å². The van der Waals surface area contributed by atoms with Gasteiger partial charge in [-0.1, -0.05) is 13.3 Å². The molecular weight excluding hydrogens is 290 g/mol. The first kappa shape index (κ1) is 15.3. The van der Waals surface area contributed by atoms with E-state index in [4.69, 9.17) is 0 Å². The molecule has 1 amide bonds. The molecule has 0 atom stereocenters. The van der Waals surface area contributed by atoms with E-state index in [1.165, 1.54) is 11.8 Å². The molecule has 0 spiro atoms. The monoisotopic (exact) mass is 307 g/mol. The third kappa shape index (κ3) is 3.52. The number of carbonyl (C=O) groups excluding carboxylic acids is 1. The number of aromatic nitrogens is 4. The number of thioether (sulfide) groups is 1. The maximum absolute atomic E-state index is 12.4. The maximum Gasteiger partial charge on any atom is 0.346 e. The highest BCUT2D eigenvalue weighted by Gasteiger charge is 2.18. The lowest BCUT2D eigenvalue weighted by atomic mass is 10.2. The van der Waals surface area contributed by atoms with E-state index in [-0.39, 0.29) is 5.91 Å². The lowest BCUT2D eigenvalue weighted by Gasteiger charge is -2.08. The Morgan fingerprint density at radius 3 is 2.90 bits per heavy atom. The smallest absolute Gasteiger partial charge is 0.309 e. The highest BCUT2D eigenvalue weighted by atomic mass is 32.2. The summed E-state index contributed by atoms with van der Waals surface area (Å²) in [5.41, 5.74) is 1.36. The van der Waals surface area contributed by atoms with Crippen molar-refractivity contribution in [1.29, 1.82) is 0 Å². The predicted octanol–water partition coefficient (Wildman–Crippen LogP) is 1.73. The van der Waals surface area contributed by atoms with Gasteiger partial charge in [-0.3, -0.25) is 9.89 Å². The minimum absolute atomic E-state index is 0.338. The molecule has 3 N–H and O–H groups in total. The summed E-state index contributed by atoms with van der Waals surface area (Å²) in [7, 11) is 0. The zero-order valence-electron chi connectivity index (χ0n) is 12.1. The van der Waals surface area contributed by atoms with Gasteiger partial charge in [0, 0.05) is 17.5 Å². The Morgan fingerprint density at radius 2 is 2.24 bits per heavy atom. The van der Waals surface area contributed by atoms with E-state index in [0.29, 0.717) is 22.1 Å². The van der Waals surface area contributed by atoms with Crippen molar-refractivity contribution in [2.45, 2.75) is 31.7 Å². The van der Waals surface area contributed by atoms with Crippen molar-refractivity contribution in [1.82, 2.24) is 20.2 Å². The molecule has 0 aliphatic rings. The lowest BCUT2D eigenvalue weighted by molar-refractivity contribution is 0.102. The minimum Gasteiger partial charge on any atom is -0.309 e. The van der Waals surface area contributed by atoms with Gasteiger partial charge in [0.2, 0.25) is 0 Å². The van der Waals surface area contributed by atoms with E-state index in [9.17, 15) is 9.59 Å². The molecule has 7 nitrogen and oxygen atoms in total. The summed E-state index contributed by atoms with van der Waals surface area (Å²) in [6.45, 7) is 3.74. The zero-order valence-corrected chi connectivity index (χ0v) is 12.9. The number of aryl methyl sites for hydroxylation is 2. The zero-order chi connectivity index (χ0) is 15.4. The van der Waals surface area contributed by atoms with Crippen molar-refractivity contribution in [2.75, 3.05) is 11.6 Å². The average Bonchev–Trinajstić information content (AvgIpc) is 2.85. The molecular formula is C13H17N5O2S. The van der Waals surface area contributed by atoms with Gasteiger partial charge in [0.05, 0.1) is 5.56 Å². The first-order valence-corrected chi connectivity index (χ1v) is 7.78. The molecule has 8 heteroatoms. The van der Waals surface area contributed by atoms with Crippen LogP contribution in [0, 0.1) is 6.92 Å². The van der Waals surface area contributed by atoms with Crippen molar-refractivity contribution in [3.63, 3.8) is 0 Å². The van der Waals surface area contributed by atoms with E-state index in [2.05, 4.69) is 32.4 Å². The highest BCUT2D eigenvalue weighted by molar-refractivity contribution is 7.98. The highest BCUT2D eigenvalue weighted by Crippen LogP contribution is 2.19. The van der Waals surface area contributed by atoms with Crippen LogP contribution in [0.15, 0.2) is 15.9 Å². The lowest BCUT2D eigenvalue weighted by Crippen LogP contribution is -2.22. The Labute approximate surface area is 126 Å². The van der Waals surface area contributed by atoms with Crippen molar-refractivity contribution >= 4 is 23.5 Å². The third-order valence-electron chi connectivity index (χ3n) is 2.90. The number of rotatable bonds is 5. The molecule has 0 unspecified atom stereocenters.